The van der Waals surface area contributed by atoms with Crippen molar-refractivity contribution in [2.45, 2.75) is 19.0 Å². The summed E-state index contributed by atoms with van der Waals surface area (Å²) in [6.45, 7) is -2.17. The summed E-state index contributed by atoms with van der Waals surface area (Å²) in [7, 11) is 0. The first kappa shape index (κ1) is 15.6. The lowest BCUT2D eigenvalue weighted by Gasteiger charge is -2.14. The van der Waals surface area contributed by atoms with Crippen molar-refractivity contribution in [1.82, 2.24) is 9.97 Å². The molecule has 0 spiro atoms. The zero-order chi connectivity index (χ0) is 14.6. The highest BCUT2D eigenvalue weighted by atomic mass is 35.5. The van der Waals surface area contributed by atoms with Gasteiger partial charge in [0.15, 0.2) is 11.5 Å². The Kier molecular flexibility index (Phi) is 5.01. The largest absolute Gasteiger partial charge is 0.476 e. The Morgan fingerprint density at radius 2 is 2.16 bits per heavy atom. The number of carbonyl (C=O) groups is 1. The van der Waals surface area contributed by atoms with Crippen LogP contribution in [0.4, 0.5) is 17.6 Å². The first-order valence-electron chi connectivity index (χ1n) is 4.72. The zero-order valence-corrected chi connectivity index (χ0v) is 9.87. The molecule has 0 radical (unpaired) electrons. The molecule has 0 bridgehead atoms. The fourth-order valence-corrected chi connectivity index (χ4v) is 1.14. The molecule has 1 rings (SSSR count). The highest BCUT2D eigenvalue weighted by molar-refractivity contribution is 6.33. The van der Waals surface area contributed by atoms with Gasteiger partial charge in [-0.25, -0.2) is 23.5 Å². The van der Waals surface area contributed by atoms with Crippen LogP contribution in [-0.4, -0.2) is 40.0 Å². The van der Waals surface area contributed by atoms with Crippen LogP contribution < -0.4 is 0 Å². The Morgan fingerprint density at radius 3 is 2.68 bits per heavy atom. The fourth-order valence-electron chi connectivity index (χ4n) is 0.965. The molecule has 10 heteroatoms. The maximum absolute atomic E-state index is 12.5. The molecule has 0 aliphatic carbocycles. The molecule has 0 aliphatic heterocycles. The van der Waals surface area contributed by atoms with Gasteiger partial charge in [-0.2, -0.15) is 8.78 Å². The Labute approximate surface area is 109 Å². The van der Waals surface area contributed by atoms with Crippen LogP contribution in [0.5, 0.6) is 0 Å². The summed E-state index contributed by atoms with van der Waals surface area (Å²) in [5, 5.41) is 8.44. The molecule has 0 aliphatic rings. The third-order valence-corrected chi connectivity index (χ3v) is 2.12. The van der Waals surface area contributed by atoms with E-state index >= 15 is 0 Å². The second kappa shape index (κ2) is 6.11. The van der Waals surface area contributed by atoms with E-state index in [0.717, 1.165) is 6.20 Å². The van der Waals surface area contributed by atoms with Gasteiger partial charge in [0.25, 0.3) is 0 Å². The lowest BCUT2D eigenvalue weighted by molar-refractivity contribution is -0.168. The summed E-state index contributed by atoms with van der Waals surface area (Å²) >= 11 is 5.47. The number of carboxylic acid groups (broad SMARTS) is 1. The molecular formula is C9H7ClF4N2O3. The lowest BCUT2D eigenvalue weighted by atomic mass is 10.4. The van der Waals surface area contributed by atoms with Gasteiger partial charge in [-0.3, -0.25) is 0 Å². The second-order valence-corrected chi connectivity index (χ2v) is 3.75. The molecule has 0 aromatic carbocycles. The average Bonchev–Trinajstić information content (AvgIpc) is 2.30. The number of aromatic nitrogens is 2. The summed E-state index contributed by atoms with van der Waals surface area (Å²) < 4.78 is 52.9. The van der Waals surface area contributed by atoms with Crippen LogP contribution in [0.1, 0.15) is 16.3 Å². The summed E-state index contributed by atoms with van der Waals surface area (Å²) in [4.78, 5) is 17.6. The molecule has 0 amide bonds. The first-order chi connectivity index (χ1) is 8.74. The molecule has 0 fully saturated rings. The van der Waals surface area contributed by atoms with Gasteiger partial charge in [-0.05, 0) is 0 Å². The normalized spacial score (nSPS) is 11.9. The van der Waals surface area contributed by atoms with Crippen LogP contribution in [0.25, 0.3) is 0 Å². The molecule has 0 atom stereocenters. The minimum absolute atomic E-state index is 0.242. The van der Waals surface area contributed by atoms with Crippen LogP contribution in [0.15, 0.2) is 6.20 Å². The van der Waals surface area contributed by atoms with E-state index in [0.29, 0.717) is 0 Å². The minimum atomic E-state index is -4.29. The van der Waals surface area contributed by atoms with Gasteiger partial charge < -0.3 is 9.84 Å². The maximum Gasteiger partial charge on any atom is 0.356 e. The van der Waals surface area contributed by atoms with Crippen molar-refractivity contribution in [3.8, 4) is 0 Å². The van der Waals surface area contributed by atoms with Crippen LogP contribution >= 0.6 is 11.6 Å². The number of halogens is 5. The fraction of sp³-hybridized carbons (Fsp3) is 0.444. The molecule has 1 heterocycles. The number of rotatable bonds is 6. The van der Waals surface area contributed by atoms with Crippen LogP contribution in [0.3, 0.4) is 0 Å². The smallest absolute Gasteiger partial charge is 0.356 e. The number of carboxylic acids is 1. The zero-order valence-electron chi connectivity index (χ0n) is 9.12. The second-order valence-electron chi connectivity index (χ2n) is 3.34. The monoisotopic (exact) mass is 302 g/mol. The average molecular weight is 303 g/mol. The predicted molar refractivity (Wildman–Crippen MR) is 54.6 cm³/mol. The van der Waals surface area contributed by atoms with Crippen molar-refractivity contribution in [3.05, 3.63) is 22.7 Å². The van der Waals surface area contributed by atoms with Crippen molar-refractivity contribution in [2.24, 2.45) is 0 Å². The van der Waals surface area contributed by atoms with Crippen molar-refractivity contribution in [1.29, 1.82) is 0 Å². The van der Waals surface area contributed by atoms with Crippen molar-refractivity contribution in [2.75, 3.05) is 6.61 Å². The standard InChI is InChI=1S/C9H7ClF4N2O3/c10-4-1-15-5(16-6(4)7(17)18)2-19-3-9(13,14)8(11)12/h1,8H,2-3H2,(H,17,18). The quantitative estimate of drug-likeness (QED) is 0.816. The van der Waals surface area contributed by atoms with E-state index < -0.39 is 37.2 Å². The van der Waals surface area contributed by atoms with E-state index in [2.05, 4.69) is 14.7 Å². The Morgan fingerprint density at radius 1 is 1.53 bits per heavy atom. The van der Waals surface area contributed by atoms with E-state index in [4.69, 9.17) is 16.7 Å². The number of alkyl halides is 4. The van der Waals surface area contributed by atoms with Crippen molar-refractivity contribution in [3.63, 3.8) is 0 Å². The molecular weight excluding hydrogens is 296 g/mol. The summed E-state index contributed by atoms with van der Waals surface area (Å²) in [6, 6.07) is 0. The third kappa shape index (κ3) is 4.28. The van der Waals surface area contributed by atoms with E-state index in [9.17, 15) is 22.4 Å². The Balaban J connectivity index is 2.64. The lowest BCUT2D eigenvalue weighted by Crippen LogP contribution is -2.32. The van der Waals surface area contributed by atoms with Gasteiger partial charge in [-0.1, -0.05) is 11.6 Å². The van der Waals surface area contributed by atoms with Crippen LogP contribution in [-0.2, 0) is 11.3 Å². The van der Waals surface area contributed by atoms with Gasteiger partial charge in [0.05, 0.1) is 11.2 Å². The van der Waals surface area contributed by atoms with Gasteiger partial charge in [0.2, 0.25) is 0 Å². The highest BCUT2D eigenvalue weighted by Crippen LogP contribution is 2.23. The molecule has 1 N–H and O–H groups in total. The maximum atomic E-state index is 12.5. The molecule has 0 saturated carbocycles. The van der Waals surface area contributed by atoms with Gasteiger partial charge in [0, 0.05) is 0 Å². The molecule has 0 unspecified atom stereocenters. The molecule has 1 aromatic heterocycles. The molecule has 5 nitrogen and oxygen atoms in total. The summed E-state index contributed by atoms with van der Waals surface area (Å²) in [5.74, 6) is -5.99. The van der Waals surface area contributed by atoms with Gasteiger partial charge in [0.1, 0.15) is 13.2 Å². The van der Waals surface area contributed by atoms with E-state index in [1.165, 1.54) is 0 Å². The van der Waals surface area contributed by atoms with Crippen molar-refractivity contribution >= 4 is 17.6 Å². The first-order valence-corrected chi connectivity index (χ1v) is 5.10. The molecule has 1 aromatic rings. The van der Waals surface area contributed by atoms with E-state index in [-0.39, 0.29) is 10.8 Å². The van der Waals surface area contributed by atoms with Crippen LogP contribution in [0.2, 0.25) is 5.02 Å². The third-order valence-electron chi connectivity index (χ3n) is 1.84. The van der Waals surface area contributed by atoms with Gasteiger partial charge >= 0.3 is 18.3 Å². The van der Waals surface area contributed by atoms with Crippen LogP contribution in [0, 0.1) is 0 Å². The highest BCUT2D eigenvalue weighted by Gasteiger charge is 2.41. The topological polar surface area (TPSA) is 72.3 Å². The molecule has 19 heavy (non-hydrogen) atoms. The summed E-state index contributed by atoms with van der Waals surface area (Å²) in [6.07, 6.45) is -2.91. The van der Waals surface area contributed by atoms with Crippen molar-refractivity contribution < 1.29 is 32.2 Å². The predicted octanol–water partition coefficient (Wildman–Crippen LogP) is 2.25. The summed E-state index contributed by atoms with van der Waals surface area (Å²) in [5.41, 5.74) is -0.532. The number of ether oxygens (including phenoxy) is 1. The molecule has 106 valence electrons. The van der Waals surface area contributed by atoms with E-state index in [1.807, 2.05) is 0 Å². The Hall–Kier alpha value is -1.48. The SMILES string of the molecule is O=C(O)c1nc(COCC(F)(F)C(F)F)ncc1Cl. The molecule has 0 saturated heterocycles. The van der Waals surface area contributed by atoms with E-state index in [1.54, 1.807) is 0 Å². The number of nitrogens with zero attached hydrogens (tertiary/aromatic N) is 2. The number of aromatic carboxylic acids is 1. The number of hydrogen-bond donors (Lipinski definition) is 1. The Bertz CT molecular complexity index is 473. The minimum Gasteiger partial charge on any atom is -0.476 e. The van der Waals surface area contributed by atoms with Gasteiger partial charge in [-0.15, -0.1) is 0 Å². The number of hydrogen-bond acceptors (Lipinski definition) is 4.